The summed E-state index contributed by atoms with van der Waals surface area (Å²) in [5, 5.41) is 6.15. The Morgan fingerprint density at radius 2 is 1.67 bits per heavy atom. The van der Waals surface area contributed by atoms with Crippen molar-refractivity contribution in [1.29, 1.82) is 0 Å². The highest BCUT2D eigenvalue weighted by Crippen LogP contribution is 2.19. The Kier molecular flexibility index (Phi) is 4.24. The van der Waals surface area contributed by atoms with Gasteiger partial charge in [-0.25, -0.2) is 0 Å². The van der Waals surface area contributed by atoms with Crippen molar-refractivity contribution in [3.8, 4) is 0 Å². The van der Waals surface area contributed by atoms with Gasteiger partial charge < -0.3 is 5.32 Å². The molecule has 96 valence electrons. The fourth-order valence-corrected chi connectivity index (χ4v) is 2.48. The van der Waals surface area contributed by atoms with Gasteiger partial charge in [-0.2, -0.15) is 0 Å². The van der Waals surface area contributed by atoms with Crippen LogP contribution in [-0.4, -0.2) is 6.54 Å². The molecule has 0 amide bonds. The summed E-state index contributed by atoms with van der Waals surface area (Å²) in [6.45, 7) is 7.93. The number of fused-ring (bicyclic) bond motifs is 1. The predicted molar refractivity (Wildman–Crippen MR) is 81.1 cm³/mol. The largest absolute Gasteiger partial charge is 0.385 e. The van der Waals surface area contributed by atoms with Crippen LogP contribution >= 0.6 is 0 Å². The summed E-state index contributed by atoms with van der Waals surface area (Å²) in [5.41, 5.74) is 1.23. The van der Waals surface area contributed by atoms with Crippen molar-refractivity contribution in [3.63, 3.8) is 0 Å². The molecule has 0 fully saturated rings. The van der Waals surface area contributed by atoms with E-state index in [2.05, 4.69) is 68.6 Å². The summed E-state index contributed by atoms with van der Waals surface area (Å²) in [6.07, 6.45) is 1.28. The van der Waals surface area contributed by atoms with E-state index in [9.17, 15) is 0 Å². The lowest BCUT2D eigenvalue weighted by atomic mass is 9.99. The molecule has 1 N–H and O–H groups in total. The minimum absolute atomic E-state index is 0.719. The van der Waals surface area contributed by atoms with Crippen molar-refractivity contribution in [2.75, 3.05) is 11.9 Å². The summed E-state index contributed by atoms with van der Waals surface area (Å²) < 4.78 is 0. The van der Waals surface area contributed by atoms with Crippen LogP contribution in [0.15, 0.2) is 42.5 Å². The Balaban J connectivity index is 1.99. The van der Waals surface area contributed by atoms with E-state index in [-0.39, 0.29) is 0 Å². The van der Waals surface area contributed by atoms with Crippen LogP contribution in [0.3, 0.4) is 0 Å². The molecule has 0 spiro atoms. The van der Waals surface area contributed by atoms with E-state index in [1.54, 1.807) is 0 Å². The van der Waals surface area contributed by atoms with Crippen LogP contribution in [0.25, 0.3) is 10.8 Å². The van der Waals surface area contributed by atoms with Gasteiger partial charge in [0.05, 0.1) is 0 Å². The molecule has 0 radical (unpaired) electrons. The molecule has 2 aromatic rings. The second-order valence-corrected chi connectivity index (χ2v) is 5.68. The fraction of sp³-hybridized carbons (Fsp3) is 0.412. The van der Waals surface area contributed by atoms with Crippen molar-refractivity contribution in [2.24, 2.45) is 11.8 Å². The topological polar surface area (TPSA) is 12.0 Å². The summed E-state index contributed by atoms with van der Waals surface area (Å²) in [5.74, 6) is 1.50. The summed E-state index contributed by atoms with van der Waals surface area (Å²) in [6, 6.07) is 15.1. The molecule has 0 saturated heterocycles. The van der Waals surface area contributed by atoms with E-state index < -0.39 is 0 Å². The standard InChI is InChI=1S/C17H23N/c1-13(2)10-14(3)12-18-17-9-8-15-6-4-5-7-16(15)11-17/h4-9,11,13-14,18H,10,12H2,1-3H3. The highest BCUT2D eigenvalue weighted by molar-refractivity contribution is 5.85. The number of anilines is 1. The summed E-state index contributed by atoms with van der Waals surface area (Å²) >= 11 is 0. The Bertz CT molecular complexity index is 502. The quantitative estimate of drug-likeness (QED) is 0.782. The molecule has 1 atom stereocenters. The van der Waals surface area contributed by atoms with Gasteiger partial charge in [-0.15, -0.1) is 0 Å². The Hall–Kier alpha value is -1.50. The average molecular weight is 241 g/mol. The minimum atomic E-state index is 0.719. The number of hydrogen-bond acceptors (Lipinski definition) is 1. The molecule has 0 aliphatic carbocycles. The summed E-state index contributed by atoms with van der Waals surface area (Å²) in [4.78, 5) is 0. The lowest BCUT2D eigenvalue weighted by Gasteiger charge is -2.15. The van der Waals surface area contributed by atoms with E-state index >= 15 is 0 Å². The normalized spacial score (nSPS) is 12.9. The molecule has 0 heterocycles. The molecular weight excluding hydrogens is 218 g/mol. The van der Waals surface area contributed by atoms with Crippen LogP contribution in [0.1, 0.15) is 27.2 Å². The van der Waals surface area contributed by atoms with E-state index in [0.29, 0.717) is 0 Å². The molecule has 1 unspecified atom stereocenters. The second kappa shape index (κ2) is 5.90. The fourth-order valence-electron chi connectivity index (χ4n) is 2.48. The SMILES string of the molecule is CC(C)CC(C)CNc1ccc2ccccc2c1. The Morgan fingerprint density at radius 3 is 2.39 bits per heavy atom. The van der Waals surface area contributed by atoms with Gasteiger partial charge >= 0.3 is 0 Å². The first-order chi connectivity index (χ1) is 8.65. The van der Waals surface area contributed by atoms with E-state index in [0.717, 1.165) is 18.4 Å². The van der Waals surface area contributed by atoms with Gasteiger partial charge in [-0.05, 0) is 41.2 Å². The third-order valence-electron chi connectivity index (χ3n) is 3.28. The van der Waals surface area contributed by atoms with Gasteiger partial charge in [0.15, 0.2) is 0 Å². The third kappa shape index (κ3) is 3.49. The van der Waals surface area contributed by atoms with Crippen molar-refractivity contribution < 1.29 is 0 Å². The van der Waals surface area contributed by atoms with Crippen LogP contribution in [0, 0.1) is 11.8 Å². The minimum Gasteiger partial charge on any atom is -0.385 e. The van der Waals surface area contributed by atoms with Crippen molar-refractivity contribution >= 4 is 16.5 Å². The smallest absolute Gasteiger partial charge is 0.0346 e. The maximum Gasteiger partial charge on any atom is 0.0346 e. The monoisotopic (exact) mass is 241 g/mol. The first-order valence-electron chi connectivity index (χ1n) is 6.88. The number of rotatable bonds is 5. The maximum absolute atomic E-state index is 3.54. The van der Waals surface area contributed by atoms with Crippen molar-refractivity contribution in [3.05, 3.63) is 42.5 Å². The van der Waals surface area contributed by atoms with Crippen LogP contribution in [0.5, 0.6) is 0 Å². The van der Waals surface area contributed by atoms with Crippen LogP contribution in [0.4, 0.5) is 5.69 Å². The Labute approximate surface area is 110 Å². The van der Waals surface area contributed by atoms with Gasteiger partial charge in [0.2, 0.25) is 0 Å². The predicted octanol–water partition coefficient (Wildman–Crippen LogP) is 4.93. The lowest BCUT2D eigenvalue weighted by molar-refractivity contribution is 0.455. The molecule has 2 aromatic carbocycles. The zero-order valence-electron chi connectivity index (χ0n) is 11.6. The highest BCUT2D eigenvalue weighted by Gasteiger charge is 2.04. The van der Waals surface area contributed by atoms with Gasteiger partial charge in [-0.3, -0.25) is 0 Å². The van der Waals surface area contributed by atoms with E-state index in [1.807, 2.05) is 0 Å². The molecular formula is C17H23N. The van der Waals surface area contributed by atoms with Crippen LogP contribution < -0.4 is 5.32 Å². The first kappa shape index (κ1) is 12.9. The maximum atomic E-state index is 3.54. The van der Waals surface area contributed by atoms with E-state index in [1.165, 1.54) is 22.9 Å². The van der Waals surface area contributed by atoms with Gasteiger partial charge in [0, 0.05) is 12.2 Å². The molecule has 1 nitrogen and oxygen atoms in total. The molecule has 0 saturated carbocycles. The van der Waals surface area contributed by atoms with Crippen LogP contribution in [-0.2, 0) is 0 Å². The molecule has 18 heavy (non-hydrogen) atoms. The molecule has 0 aliphatic rings. The first-order valence-corrected chi connectivity index (χ1v) is 6.88. The van der Waals surface area contributed by atoms with E-state index in [4.69, 9.17) is 0 Å². The highest BCUT2D eigenvalue weighted by atomic mass is 14.9. The third-order valence-corrected chi connectivity index (χ3v) is 3.28. The molecule has 0 bridgehead atoms. The zero-order chi connectivity index (χ0) is 13.0. The number of benzene rings is 2. The summed E-state index contributed by atoms with van der Waals surface area (Å²) in [7, 11) is 0. The molecule has 0 aliphatic heterocycles. The molecule has 1 heteroatoms. The van der Waals surface area contributed by atoms with Gasteiger partial charge in [-0.1, -0.05) is 51.1 Å². The van der Waals surface area contributed by atoms with Crippen LogP contribution in [0.2, 0.25) is 0 Å². The second-order valence-electron chi connectivity index (χ2n) is 5.68. The average Bonchev–Trinajstić information content (AvgIpc) is 2.35. The van der Waals surface area contributed by atoms with Crippen molar-refractivity contribution in [1.82, 2.24) is 0 Å². The Morgan fingerprint density at radius 1 is 0.944 bits per heavy atom. The molecule has 0 aromatic heterocycles. The zero-order valence-corrected chi connectivity index (χ0v) is 11.6. The molecule has 2 rings (SSSR count). The number of hydrogen-bond donors (Lipinski definition) is 1. The van der Waals surface area contributed by atoms with Crippen molar-refractivity contribution in [2.45, 2.75) is 27.2 Å². The lowest BCUT2D eigenvalue weighted by Crippen LogP contribution is -2.13. The number of nitrogens with one attached hydrogen (secondary N) is 1. The van der Waals surface area contributed by atoms with Gasteiger partial charge in [0.25, 0.3) is 0 Å². The van der Waals surface area contributed by atoms with Gasteiger partial charge in [0.1, 0.15) is 0 Å².